The molecule has 0 saturated heterocycles. The SMILES string of the molecule is CC(C)(C)CCCCCCCCCCCC(=O)ON. The van der Waals surface area contributed by atoms with Gasteiger partial charge in [-0.15, -0.1) is 0 Å². The van der Waals surface area contributed by atoms with E-state index in [1.807, 2.05) is 0 Å². The third kappa shape index (κ3) is 15.4. The molecule has 0 rings (SSSR count). The molecule has 0 bridgehead atoms. The van der Waals surface area contributed by atoms with Crippen molar-refractivity contribution in [2.75, 3.05) is 0 Å². The summed E-state index contributed by atoms with van der Waals surface area (Å²) in [5, 5.41) is 0. The van der Waals surface area contributed by atoms with Crippen LogP contribution in [-0.4, -0.2) is 5.97 Å². The van der Waals surface area contributed by atoms with Gasteiger partial charge in [-0.2, -0.15) is 5.90 Å². The van der Waals surface area contributed by atoms with E-state index in [0.29, 0.717) is 11.8 Å². The lowest BCUT2D eigenvalue weighted by molar-refractivity contribution is -0.144. The summed E-state index contributed by atoms with van der Waals surface area (Å²) in [7, 11) is 0. The van der Waals surface area contributed by atoms with E-state index in [-0.39, 0.29) is 5.97 Å². The Morgan fingerprint density at radius 1 is 0.842 bits per heavy atom. The van der Waals surface area contributed by atoms with Crippen LogP contribution in [0.4, 0.5) is 0 Å². The zero-order chi connectivity index (χ0) is 14.6. The van der Waals surface area contributed by atoms with Crippen LogP contribution in [0.15, 0.2) is 0 Å². The summed E-state index contributed by atoms with van der Waals surface area (Å²) in [5.74, 6) is 4.48. The first-order valence-electron chi connectivity index (χ1n) is 7.85. The molecular formula is C16H33NO2. The Morgan fingerprint density at radius 2 is 1.26 bits per heavy atom. The second kappa shape index (κ2) is 11.3. The molecule has 0 atom stereocenters. The van der Waals surface area contributed by atoms with Gasteiger partial charge in [-0.05, 0) is 18.3 Å². The molecule has 2 N–H and O–H groups in total. The molecule has 0 aliphatic rings. The lowest BCUT2D eigenvalue weighted by Crippen LogP contribution is -2.08. The highest BCUT2D eigenvalue weighted by Gasteiger charge is 2.08. The quantitative estimate of drug-likeness (QED) is 0.436. The molecular weight excluding hydrogens is 238 g/mol. The number of rotatable bonds is 11. The van der Waals surface area contributed by atoms with Gasteiger partial charge in [0.05, 0.1) is 0 Å². The van der Waals surface area contributed by atoms with Crippen molar-refractivity contribution in [1.82, 2.24) is 0 Å². The van der Waals surface area contributed by atoms with E-state index in [9.17, 15) is 4.79 Å². The first kappa shape index (κ1) is 18.4. The molecule has 0 unspecified atom stereocenters. The normalized spacial score (nSPS) is 11.6. The van der Waals surface area contributed by atoms with Gasteiger partial charge in [-0.1, -0.05) is 72.1 Å². The number of hydrogen-bond acceptors (Lipinski definition) is 3. The van der Waals surface area contributed by atoms with Crippen molar-refractivity contribution >= 4 is 5.97 Å². The summed E-state index contributed by atoms with van der Waals surface area (Å²) in [6, 6.07) is 0. The molecule has 0 fully saturated rings. The van der Waals surface area contributed by atoms with Crippen LogP contribution in [0.2, 0.25) is 0 Å². The minimum absolute atomic E-state index is 0.293. The van der Waals surface area contributed by atoms with Gasteiger partial charge in [0.1, 0.15) is 0 Å². The molecule has 0 aromatic carbocycles. The average molecular weight is 271 g/mol. The van der Waals surface area contributed by atoms with Crippen LogP contribution in [-0.2, 0) is 9.63 Å². The molecule has 0 radical (unpaired) electrons. The Hall–Kier alpha value is -0.570. The smallest absolute Gasteiger partial charge is 0.324 e. The van der Waals surface area contributed by atoms with Gasteiger partial charge in [0.2, 0.25) is 0 Å². The predicted octanol–water partition coefficient (Wildman–Crippen LogP) is 4.74. The fourth-order valence-corrected chi connectivity index (χ4v) is 2.22. The highest BCUT2D eigenvalue weighted by atomic mass is 16.7. The monoisotopic (exact) mass is 271 g/mol. The van der Waals surface area contributed by atoms with E-state index in [0.717, 1.165) is 12.8 Å². The standard InChI is InChI=1S/C16H33NO2/c1-16(2,3)14-12-10-8-6-4-5-7-9-11-13-15(18)19-17/h4-14,17H2,1-3H3. The van der Waals surface area contributed by atoms with Crippen molar-refractivity contribution in [3.63, 3.8) is 0 Å². The average Bonchev–Trinajstić information content (AvgIpc) is 2.34. The van der Waals surface area contributed by atoms with Crippen LogP contribution >= 0.6 is 0 Å². The molecule has 19 heavy (non-hydrogen) atoms. The zero-order valence-corrected chi connectivity index (χ0v) is 13.2. The number of unbranched alkanes of at least 4 members (excludes halogenated alkanes) is 8. The number of hydrogen-bond donors (Lipinski definition) is 1. The Balaban J connectivity index is 3.09. The molecule has 0 amide bonds. The number of nitrogens with two attached hydrogens (primary N) is 1. The van der Waals surface area contributed by atoms with Crippen molar-refractivity contribution < 1.29 is 9.63 Å². The Kier molecular flexibility index (Phi) is 10.9. The number of carbonyl (C=O) groups excluding carboxylic acids is 1. The largest absolute Gasteiger partial charge is 0.373 e. The second-order valence-electron chi connectivity index (χ2n) is 6.73. The Morgan fingerprint density at radius 3 is 1.68 bits per heavy atom. The highest BCUT2D eigenvalue weighted by Crippen LogP contribution is 2.22. The fourth-order valence-electron chi connectivity index (χ4n) is 2.22. The van der Waals surface area contributed by atoms with Crippen molar-refractivity contribution in [3.8, 4) is 0 Å². The molecule has 0 aromatic rings. The topological polar surface area (TPSA) is 52.3 Å². The number of carbonyl (C=O) groups is 1. The van der Waals surface area contributed by atoms with E-state index in [1.54, 1.807) is 0 Å². The van der Waals surface area contributed by atoms with Crippen LogP contribution in [0.1, 0.15) is 91.4 Å². The van der Waals surface area contributed by atoms with E-state index in [2.05, 4.69) is 25.6 Å². The summed E-state index contributed by atoms with van der Waals surface area (Å²) in [6.45, 7) is 6.94. The third-order valence-electron chi connectivity index (χ3n) is 3.44. The van der Waals surface area contributed by atoms with Crippen molar-refractivity contribution in [2.24, 2.45) is 11.3 Å². The highest BCUT2D eigenvalue weighted by molar-refractivity contribution is 5.68. The fraction of sp³-hybridized carbons (Fsp3) is 0.938. The molecule has 3 heteroatoms. The lowest BCUT2D eigenvalue weighted by Gasteiger charge is -2.17. The second-order valence-corrected chi connectivity index (χ2v) is 6.73. The minimum Gasteiger partial charge on any atom is -0.373 e. The van der Waals surface area contributed by atoms with Gasteiger partial charge in [-0.3, -0.25) is 4.79 Å². The molecule has 0 aromatic heterocycles. The third-order valence-corrected chi connectivity index (χ3v) is 3.44. The molecule has 0 saturated carbocycles. The Labute approximate surface area is 119 Å². The lowest BCUT2D eigenvalue weighted by atomic mass is 9.89. The first-order chi connectivity index (χ1) is 8.95. The molecule has 0 aliphatic heterocycles. The van der Waals surface area contributed by atoms with Gasteiger partial charge in [0.25, 0.3) is 0 Å². The van der Waals surface area contributed by atoms with Gasteiger partial charge in [-0.25, -0.2) is 0 Å². The molecule has 0 spiro atoms. The van der Waals surface area contributed by atoms with E-state index in [4.69, 9.17) is 5.90 Å². The molecule has 114 valence electrons. The molecule has 0 aliphatic carbocycles. The van der Waals surface area contributed by atoms with Crippen molar-refractivity contribution in [3.05, 3.63) is 0 Å². The minimum atomic E-state index is -0.293. The molecule has 0 heterocycles. The summed E-state index contributed by atoms with van der Waals surface area (Å²) in [4.78, 5) is 14.9. The van der Waals surface area contributed by atoms with Crippen LogP contribution in [0.25, 0.3) is 0 Å². The maximum atomic E-state index is 10.8. The molecule has 3 nitrogen and oxygen atoms in total. The van der Waals surface area contributed by atoms with Gasteiger partial charge >= 0.3 is 5.97 Å². The summed E-state index contributed by atoms with van der Waals surface area (Å²) in [5.41, 5.74) is 0.491. The predicted molar refractivity (Wildman–Crippen MR) is 80.5 cm³/mol. The van der Waals surface area contributed by atoms with Gasteiger partial charge < -0.3 is 4.84 Å². The van der Waals surface area contributed by atoms with E-state index in [1.165, 1.54) is 51.4 Å². The van der Waals surface area contributed by atoms with Crippen molar-refractivity contribution in [1.29, 1.82) is 0 Å². The first-order valence-corrected chi connectivity index (χ1v) is 7.85. The van der Waals surface area contributed by atoms with E-state index >= 15 is 0 Å². The van der Waals surface area contributed by atoms with Gasteiger partial charge in [0.15, 0.2) is 0 Å². The van der Waals surface area contributed by atoms with Crippen LogP contribution < -0.4 is 5.90 Å². The van der Waals surface area contributed by atoms with Crippen LogP contribution in [0.5, 0.6) is 0 Å². The maximum absolute atomic E-state index is 10.8. The van der Waals surface area contributed by atoms with Crippen LogP contribution in [0, 0.1) is 5.41 Å². The summed E-state index contributed by atoms with van der Waals surface area (Å²) >= 11 is 0. The maximum Gasteiger partial charge on any atom is 0.324 e. The summed E-state index contributed by atoms with van der Waals surface area (Å²) < 4.78 is 0. The van der Waals surface area contributed by atoms with E-state index < -0.39 is 0 Å². The van der Waals surface area contributed by atoms with Gasteiger partial charge in [0, 0.05) is 6.42 Å². The Bertz CT molecular complexity index is 221. The summed E-state index contributed by atoms with van der Waals surface area (Å²) in [6.07, 6.45) is 13.1. The van der Waals surface area contributed by atoms with Crippen molar-refractivity contribution in [2.45, 2.75) is 91.4 Å². The zero-order valence-electron chi connectivity index (χ0n) is 13.2. The van der Waals surface area contributed by atoms with Crippen LogP contribution in [0.3, 0.4) is 0 Å².